The van der Waals surface area contributed by atoms with Crippen LogP contribution in [0, 0.1) is 11.7 Å². The van der Waals surface area contributed by atoms with E-state index in [0.717, 1.165) is 31.8 Å². The van der Waals surface area contributed by atoms with Gasteiger partial charge in [0.25, 0.3) is 0 Å². The zero-order valence-electron chi connectivity index (χ0n) is 8.71. The Hall–Kier alpha value is -0.900. The summed E-state index contributed by atoms with van der Waals surface area (Å²) in [7, 11) is 0. The summed E-state index contributed by atoms with van der Waals surface area (Å²) in [4.78, 5) is 7.58. The summed E-state index contributed by atoms with van der Waals surface area (Å²) in [6.07, 6.45) is 4.37. The van der Waals surface area contributed by atoms with Crippen molar-refractivity contribution in [3.63, 3.8) is 0 Å². The zero-order valence-corrected chi connectivity index (χ0v) is 9.47. The number of nitrogens with zero attached hydrogens (tertiary/aromatic N) is 2. The fourth-order valence-electron chi connectivity index (χ4n) is 1.13. The predicted octanol–water partition coefficient (Wildman–Crippen LogP) is 2.68. The molecule has 0 fully saturated rings. The molecule has 1 N–H and O–H groups in total. The van der Waals surface area contributed by atoms with Gasteiger partial charge in [0.2, 0.25) is 5.95 Å². The van der Waals surface area contributed by atoms with E-state index < -0.39 is 5.82 Å². The minimum atomic E-state index is -0.420. The lowest BCUT2D eigenvalue weighted by Gasteiger charge is -2.07. The minimum Gasteiger partial charge on any atom is -0.354 e. The predicted molar refractivity (Wildman–Crippen MR) is 59.6 cm³/mol. The molecule has 1 unspecified atom stereocenters. The summed E-state index contributed by atoms with van der Waals surface area (Å²) in [5.74, 6) is 1.27. The van der Waals surface area contributed by atoms with Gasteiger partial charge in [-0.25, -0.2) is 14.4 Å². The molecule has 0 saturated carbocycles. The van der Waals surface area contributed by atoms with Crippen LogP contribution in [0.2, 0.25) is 0 Å². The number of anilines is 1. The molecule has 0 aliphatic rings. The Bertz CT molecular complexity index is 279. The van der Waals surface area contributed by atoms with Crippen molar-refractivity contribution >= 4 is 17.5 Å². The topological polar surface area (TPSA) is 37.8 Å². The first-order valence-corrected chi connectivity index (χ1v) is 5.53. The molecule has 1 heterocycles. The third kappa shape index (κ3) is 4.93. The number of hydrogen-bond acceptors (Lipinski definition) is 3. The first-order chi connectivity index (χ1) is 7.22. The summed E-state index contributed by atoms with van der Waals surface area (Å²) in [6.45, 7) is 2.90. The van der Waals surface area contributed by atoms with Gasteiger partial charge in [0.15, 0.2) is 5.82 Å². The van der Waals surface area contributed by atoms with E-state index >= 15 is 0 Å². The van der Waals surface area contributed by atoms with Crippen LogP contribution in [0.25, 0.3) is 0 Å². The largest absolute Gasteiger partial charge is 0.354 e. The highest BCUT2D eigenvalue weighted by molar-refractivity contribution is 6.18. The van der Waals surface area contributed by atoms with Crippen molar-refractivity contribution in [1.29, 1.82) is 0 Å². The van der Waals surface area contributed by atoms with Crippen molar-refractivity contribution in [1.82, 2.24) is 9.97 Å². The quantitative estimate of drug-likeness (QED) is 0.604. The van der Waals surface area contributed by atoms with E-state index in [4.69, 9.17) is 11.6 Å². The Labute approximate surface area is 94.1 Å². The molecule has 5 heteroatoms. The van der Waals surface area contributed by atoms with E-state index in [1.54, 1.807) is 0 Å². The van der Waals surface area contributed by atoms with Crippen LogP contribution in [0.1, 0.15) is 19.8 Å². The fraction of sp³-hybridized carbons (Fsp3) is 0.600. The van der Waals surface area contributed by atoms with Crippen molar-refractivity contribution in [2.45, 2.75) is 19.8 Å². The summed E-state index contributed by atoms with van der Waals surface area (Å²) < 4.78 is 12.5. The molecule has 3 nitrogen and oxygen atoms in total. The van der Waals surface area contributed by atoms with Crippen molar-refractivity contribution in [3.05, 3.63) is 18.2 Å². The second-order valence-corrected chi connectivity index (χ2v) is 3.86. The van der Waals surface area contributed by atoms with Gasteiger partial charge in [0.05, 0.1) is 12.4 Å². The standard InChI is InChI=1S/C10H15ClFN3/c1-8(5-11)3-2-4-13-10-14-6-9(12)7-15-10/h6-8H,2-5H2,1H3,(H,13,14,15). The fourth-order valence-corrected chi connectivity index (χ4v) is 1.29. The maximum atomic E-state index is 12.5. The lowest BCUT2D eigenvalue weighted by Crippen LogP contribution is -2.07. The molecule has 15 heavy (non-hydrogen) atoms. The molecule has 0 bridgehead atoms. The molecule has 0 aliphatic carbocycles. The van der Waals surface area contributed by atoms with Gasteiger partial charge in [-0.05, 0) is 18.8 Å². The highest BCUT2D eigenvalue weighted by atomic mass is 35.5. The van der Waals surface area contributed by atoms with E-state index in [9.17, 15) is 4.39 Å². The molecule has 0 spiro atoms. The van der Waals surface area contributed by atoms with Crippen LogP contribution in [-0.4, -0.2) is 22.4 Å². The average Bonchev–Trinajstić information content (AvgIpc) is 2.26. The number of halogens is 2. The van der Waals surface area contributed by atoms with Gasteiger partial charge in [-0.3, -0.25) is 0 Å². The highest BCUT2D eigenvalue weighted by Crippen LogP contribution is 2.07. The third-order valence-electron chi connectivity index (χ3n) is 2.04. The lowest BCUT2D eigenvalue weighted by molar-refractivity contribution is 0.571. The molecule has 84 valence electrons. The van der Waals surface area contributed by atoms with E-state index in [-0.39, 0.29) is 0 Å². The second-order valence-electron chi connectivity index (χ2n) is 3.55. The first kappa shape index (κ1) is 12.2. The molecule has 1 aromatic heterocycles. The van der Waals surface area contributed by atoms with Gasteiger partial charge in [-0.2, -0.15) is 0 Å². The molecule has 0 aliphatic heterocycles. The van der Waals surface area contributed by atoms with Crippen LogP contribution in [0.4, 0.5) is 10.3 Å². The molecular formula is C10H15ClFN3. The van der Waals surface area contributed by atoms with Crippen LogP contribution in [0.3, 0.4) is 0 Å². The van der Waals surface area contributed by atoms with Crippen LogP contribution in [0.15, 0.2) is 12.4 Å². The molecule has 0 aromatic carbocycles. The number of nitrogens with one attached hydrogen (secondary N) is 1. The highest BCUT2D eigenvalue weighted by Gasteiger charge is 2.00. The Morgan fingerprint density at radius 1 is 1.47 bits per heavy atom. The van der Waals surface area contributed by atoms with Gasteiger partial charge in [-0.1, -0.05) is 6.92 Å². The third-order valence-corrected chi connectivity index (χ3v) is 2.57. The monoisotopic (exact) mass is 231 g/mol. The number of aromatic nitrogens is 2. The Balaban J connectivity index is 2.17. The van der Waals surface area contributed by atoms with Gasteiger partial charge in [-0.15, -0.1) is 11.6 Å². The summed E-state index contributed by atoms with van der Waals surface area (Å²) in [6, 6.07) is 0. The molecule has 0 amide bonds. The molecule has 1 rings (SSSR count). The van der Waals surface area contributed by atoms with E-state index in [1.165, 1.54) is 0 Å². The number of hydrogen-bond donors (Lipinski definition) is 1. The summed E-state index contributed by atoms with van der Waals surface area (Å²) in [5, 5.41) is 3.02. The number of alkyl halides is 1. The van der Waals surface area contributed by atoms with Crippen LogP contribution >= 0.6 is 11.6 Å². The number of rotatable bonds is 6. The van der Waals surface area contributed by atoms with Crippen LogP contribution in [-0.2, 0) is 0 Å². The SMILES string of the molecule is CC(CCl)CCCNc1ncc(F)cn1. The van der Waals surface area contributed by atoms with E-state index in [0.29, 0.717) is 17.7 Å². The van der Waals surface area contributed by atoms with E-state index in [1.807, 2.05) is 0 Å². The molecule has 0 saturated heterocycles. The van der Waals surface area contributed by atoms with Crippen molar-refractivity contribution in [2.24, 2.45) is 5.92 Å². The Morgan fingerprint density at radius 3 is 2.73 bits per heavy atom. The Kier molecular flexibility index (Phi) is 5.32. The molecular weight excluding hydrogens is 217 g/mol. The van der Waals surface area contributed by atoms with Crippen LogP contribution < -0.4 is 5.32 Å². The van der Waals surface area contributed by atoms with E-state index in [2.05, 4.69) is 22.2 Å². The smallest absolute Gasteiger partial charge is 0.222 e. The minimum absolute atomic E-state index is 0.420. The van der Waals surface area contributed by atoms with Gasteiger partial charge in [0.1, 0.15) is 0 Å². The normalized spacial score (nSPS) is 12.5. The van der Waals surface area contributed by atoms with Crippen molar-refractivity contribution < 1.29 is 4.39 Å². The van der Waals surface area contributed by atoms with Crippen molar-refractivity contribution in [3.8, 4) is 0 Å². The Morgan fingerprint density at radius 2 is 2.13 bits per heavy atom. The lowest BCUT2D eigenvalue weighted by atomic mass is 10.1. The molecule has 1 atom stereocenters. The van der Waals surface area contributed by atoms with Gasteiger partial charge >= 0.3 is 0 Å². The zero-order chi connectivity index (χ0) is 11.1. The molecule has 1 aromatic rings. The summed E-state index contributed by atoms with van der Waals surface area (Å²) in [5.41, 5.74) is 0. The second kappa shape index (κ2) is 6.56. The first-order valence-electron chi connectivity index (χ1n) is 4.99. The maximum absolute atomic E-state index is 12.5. The maximum Gasteiger partial charge on any atom is 0.222 e. The van der Waals surface area contributed by atoms with Gasteiger partial charge < -0.3 is 5.32 Å². The van der Waals surface area contributed by atoms with Crippen molar-refractivity contribution in [2.75, 3.05) is 17.7 Å². The average molecular weight is 232 g/mol. The van der Waals surface area contributed by atoms with Crippen LogP contribution in [0.5, 0.6) is 0 Å². The molecule has 0 radical (unpaired) electrons. The summed E-state index contributed by atoms with van der Waals surface area (Å²) >= 11 is 5.68. The van der Waals surface area contributed by atoms with Gasteiger partial charge in [0, 0.05) is 12.4 Å².